The van der Waals surface area contributed by atoms with Crippen LogP contribution >= 0.6 is 0 Å². The van der Waals surface area contributed by atoms with Crippen molar-refractivity contribution in [1.82, 2.24) is 20.4 Å². The van der Waals surface area contributed by atoms with Crippen LogP contribution in [0.2, 0.25) is 0 Å². The van der Waals surface area contributed by atoms with E-state index in [1.165, 1.54) is 10.5 Å². The molecule has 9 heteroatoms. The third-order valence-electron chi connectivity index (χ3n) is 7.17. The molecule has 0 radical (unpaired) electrons. The molecule has 3 N–H and O–H groups in total. The lowest BCUT2D eigenvalue weighted by Gasteiger charge is -2.28. The van der Waals surface area contributed by atoms with Crippen molar-refractivity contribution >= 4 is 23.8 Å². The van der Waals surface area contributed by atoms with Crippen molar-refractivity contribution in [3.8, 4) is 0 Å². The van der Waals surface area contributed by atoms with Crippen molar-refractivity contribution in [2.24, 2.45) is 5.92 Å². The number of carbonyl (C=O) groups is 4. The monoisotopic (exact) mass is 500 g/mol. The first-order chi connectivity index (χ1) is 17.0. The first kappa shape index (κ1) is 27.5. The van der Waals surface area contributed by atoms with Gasteiger partial charge in [-0.25, -0.2) is 9.59 Å². The van der Waals surface area contributed by atoms with E-state index in [1.54, 1.807) is 4.90 Å². The van der Waals surface area contributed by atoms with Gasteiger partial charge in [-0.2, -0.15) is 0 Å². The van der Waals surface area contributed by atoms with Crippen LogP contribution in [0.4, 0.5) is 9.59 Å². The van der Waals surface area contributed by atoms with Crippen molar-refractivity contribution in [1.29, 1.82) is 0 Å². The van der Waals surface area contributed by atoms with Crippen LogP contribution in [0.15, 0.2) is 18.2 Å². The number of benzene rings is 1. The number of hydrogen-bond acceptors (Lipinski definition) is 4. The van der Waals surface area contributed by atoms with Gasteiger partial charge < -0.3 is 20.6 Å². The topological polar surface area (TPSA) is 119 Å². The van der Waals surface area contributed by atoms with E-state index in [9.17, 15) is 24.3 Å². The minimum atomic E-state index is -0.894. The second kappa shape index (κ2) is 11.8. The summed E-state index contributed by atoms with van der Waals surface area (Å²) < 4.78 is 0. The zero-order valence-electron chi connectivity index (χ0n) is 21.9. The van der Waals surface area contributed by atoms with Crippen LogP contribution in [-0.4, -0.2) is 63.4 Å². The molecule has 0 bridgehead atoms. The number of amides is 4. The van der Waals surface area contributed by atoms with E-state index in [0.717, 1.165) is 43.2 Å². The Balaban J connectivity index is 1.40. The lowest BCUT2D eigenvalue weighted by atomic mass is 9.94. The molecule has 1 saturated heterocycles. The van der Waals surface area contributed by atoms with Crippen LogP contribution in [0.3, 0.4) is 0 Å². The third kappa shape index (κ3) is 6.98. The van der Waals surface area contributed by atoms with Gasteiger partial charge in [0.15, 0.2) is 5.78 Å². The van der Waals surface area contributed by atoms with Gasteiger partial charge in [-0.1, -0.05) is 38.5 Å². The third-order valence-corrected chi connectivity index (χ3v) is 7.17. The molecule has 1 unspecified atom stereocenters. The number of Topliss-reactive ketones (excluding diaryl/α,β-unsaturated/α-hetero) is 1. The number of aryl methyl sites for hydroxylation is 1. The Hall–Kier alpha value is -3.10. The summed E-state index contributed by atoms with van der Waals surface area (Å²) in [6.45, 7) is 8.91. The van der Waals surface area contributed by atoms with E-state index in [2.05, 4.69) is 16.7 Å². The van der Waals surface area contributed by atoms with Crippen LogP contribution in [0.25, 0.3) is 0 Å². The standard InChI is InChI=1S/C27H40N4O5/c1-18(2)24(33)22-12-8-14-31(22)23(32)15-28-25(34)29-27(3,4)13-6-5-9-19-10-7-11-20-16-30(26(35)36)17-21(19)20/h7,10-11,18,22H,5-6,8-9,12-17H2,1-4H3,(H,35,36)(H2,28,29,34). The van der Waals surface area contributed by atoms with Crippen LogP contribution < -0.4 is 10.6 Å². The predicted molar refractivity (Wildman–Crippen MR) is 136 cm³/mol. The number of nitrogens with zero attached hydrogens (tertiary/aromatic N) is 2. The van der Waals surface area contributed by atoms with Gasteiger partial charge in [-0.3, -0.25) is 14.5 Å². The van der Waals surface area contributed by atoms with E-state index >= 15 is 0 Å². The molecule has 0 aliphatic carbocycles. The largest absolute Gasteiger partial charge is 0.465 e. The van der Waals surface area contributed by atoms with E-state index in [0.29, 0.717) is 26.1 Å². The summed E-state index contributed by atoms with van der Waals surface area (Å²) in [6, 6.07) is 5.27. The number of urea groups is 1. The molecule has 4 amide bonds. The lowest BCUT2D eigenvalue weighted by molar-refractivity contribution is -0.137. The minimum Gasteiger partial charge on any atom is -0.465 e. The molecule has 1 fully saturated rings. The molecule has 0 aromatic heterocycles. The fourth-order valence-corrected chi connectivity index (χ4v) is 5.16. The van der Waals surface area contributed by atoms with Crippen LogP contribution in [0.5, 0.6) is 0 Å². The Morgan fingerprint density at radius 3 is 2.58 bits per heavy atom. The Kier molecular flexibility index (Phi) is 8.98. The molecule has 36 heavy (non-hydrogen) atoms. The van der Waals surface area contributed by atoms with Gasteiger partial charge in [0, 0.05) is 31.1 Å². The van der Waals surface area contributed by atoms with Gasteiger partial charge in [-0.05, 0) is 62.6 Å². The molecule has 2 heterocycles. The van der Waals surface area contributed by atoms with E-state index < -0.39 is 17.7 Å². The Labute approximate surface area is 213 Å². The maximum atomic E-state index is 12.6. The number of hydrogen-bond donors (Lipinski definition) is 3. The highest BCUT2D eigenvalue weighted by molar-refractivity contribution is 5.92. The maximum absolute atomic E-state index is 12.6. The zero-order valence-corrected chi connectivity index (χ0v) is 21.9. The summed E-state index contributed by atoms with van der Waals surface area (Å²) in [6.07, 6.45) is 4.04. The van der Waals surface area contributed by atoms with Gasteiger partial charge in [0.1, 0.15) is 0 Å². The van der Waals surface area contributed by atoms with Gasteiger partial charge in [0.2, 0.25) is 5.91 Å². The van der Waals surface area contributed by atoms with Gasteiger partial charge in [-0.15, -0.1) is 0 Å². The first-order valence-electron chi connectivity index (χ1n) is 12.9. The average molecular weight is 501 g/mol. The first-order valence-corrected chi connectivity index (χ1v) is 12.9. The van der Waals surface area contributed by atoms with Crippen LogP contribution in [0, 0.1) is 5.92 Å². The van der Waals surface area contributed by atoms with E-state index in [4.69, 9.17) is 0 Å². The normalized spacial score (nSPS) is 17.3. The molecular weight excluding hydrogens is 460 g/mol. The minimum absolute atomic E-state index is 0.0751. The van der Waals surface area contributed by atoms with Crippen molar-refractivity contribution in [3.63, 3.8) is 0 Å². The number of carboxylic acid groups (broad SMARTS) is 1. The fourth-order valence-electron chi connectivity index (χ4n) is 5.16. The number of likely N-dealkylation sites (tertiary alicyclic amines) is 1. The molecule has 1 aromatic carbocycles. The van der Waals surface area contributed by atoms with Crippen molar-refractivity contribution < 1.29 is 24.3 Å². The summed E-state index contributed by atoms with van der Waals surface area (Å²) in [5, 5.41) is 14.9. The van der Waals surface area contributed by atoms with E-state index in [1.807, 2.05) is 39.8 Å². The predicted octanol–water partition coefficient (Wildman–Crippen LogP) is 3.69. The van der Waals surface area contributed by atoms with E-state index in [-0.39, 0.29) is 30.2 Å². The summed E-state index contributed by atoms with van der Waals surface area (Å²) in [5.74, 6) is -0.273. The number of nitrogens with one attached hydrogen (secondary N) is 2. The Morgan fingerprint density at radius 1 is 1.14 bits per heavy atom. The quantitative estimate of drug-likeness (QED) is 0.424. The van der Waals surface area contributed by atoms with Gasteiger partial charge in [0.25, 0.3) is 0 Å². The summed E-state index contributed by atoms with van der Waals surface area (Å²) in [4.78, 5) is 51.8. The van der Waals surface area contributed by atoms with Crippen molar-refractivity contribution in [2.45, 2.75) is 90.9 Å². The SMILES string of the molecule is CC(C)C(=O)C1CCCN1C(=O)CNC(=O)NC(C)(C)CCCCc1cccc2c1CN(C(=O)O)C2. The van der Waals surface area contributed by atoms with Crippen molar-refractivity contribution in [3.05, 3.63) is 34.9 Å². The molecule has 1 aromatic rings. The van der Waals surface area contributed by atoms with Crippen LogP contribution in [0.1, 0.15) is 76.5 Å². The molecular formula is C27H40N4O5. The molecule has 2 aliphatic rings. The number of ketones is 1. The molecule has 1 atom stereocenters. The summed E-state index contributed by atoms with van der Waals surface area (Å²) in [5.41, 5.74) is 2.94. The Morgan fingerprint density at radius 2 is 1.89 bits per heavy atom. The molecule has 0 spiro atoms. The molecule has 3 rings (SSSR count). The highest BCUT2D eigenvalue weighted by Crippen LogP contribution is 2.27. The zero-order chi connectivity index (χ0) is 26.5. The molecule has 0 saturated carbocycles. The average Bonchev–Trinajstić information content (AvgIpc) is 3.47. The van der Waals surface area contributed by atoms with Gasteiger partial charge in [0.05, 0.1) is 12.6 Å². The Bertz CT molecular complexity index is 990. The highest BCUT2D eigenvalue weighted by Gasteiger charge is 2.35. The van der Waals surface area contributed by atoms with Crippen LogP contribution in [-0.2, 0) is 29.1 Å². The number of rotatable bonds is 10. The smallest absolute Gasteiger partial charge is 0.407 e. The molecule has 9 nitrogen and oxygen atoms in total. The summed E-state index contributed by atoms with van der Waals surface area (Å²) in [7, 11) is 0. The number of carbonyl (C=O) groups excluding carboxylic acids is 3. The van der Waals surface area contributed by atoms with Crippen molar-refractivity contribution in [2.75, 3.05) is 13.1 Å². The number of fused-ring (bicyclic) bond motifs is 1. The number of unbranched alkanes of at least 4 members (excludes halogenated alkanes) is 1. The highest BCUT2D eigenvalue weighted by atomic mass is 16.4. The summed E-state index contributed by atoms with van der Waals surface area (Å²) >= 11 is 0. The van der Waals surface area contributed by atoms with Gasteiger partial charge >= 0.3 is 12.1 Å². The molecule has 198 valence electrons. The molecule has 2 aliphatic heterocycles. The fraction of sp³-hybridized carbons (Fsp3) is 0.630. The second-order valence-corrected chi connectivity index (χ2v) is 10.9. The maximum Gasteiger partial charge on any atom is 0.407 e. The lowest BCUT2D eigenvalue weighted by Crippen LogP contribution is -2.52. The second-order valence-electron chi connectivity index (χ2n) is 10.9.